The largest absolute Gasteiger partial charge is 0.294 e. The number of carbonyl (C=O) groups is 2. The summed E-state index contributed by atoms with van der Waals surface area (Å²) in [6.07, 6.45) is 0.643. The van der Waals surface area contributed by atoms with E-state index in [1.807, 2.05) is 24.4 Å². The quantitative estimate of drug-likeness (QED) is 0.862. The number of hydrogen-bond acceptors (Lipinski definition) is 6. The number of aryl methyl sites for hydroxylation is 1. The fourth-order valence-electron chi connectivity index (χ4n) is 2.28. The van der Waals surface area contributed by atoms with Gasteiger partial charge in [-0.3, -0.25) is 9.59 Å². The van der Waals surface area contributed by atoms with Gasteiger partial charge in [0.1, 0.15) is 5.70 Å². The second-order valence-corrected chi connectivity index (χ2v) is 6.63. The molecule has 0 saturated heterocycles. The van der Waals surface area contributed by atoms with Crippen LogP contribution in [0.2, 0.25) is 0 Å². The van der Waals surface area contributed by atoms with E-state index in [1.54, 1.807) is 4.68 Å². The Morgan fingerprint density at radius 2 is 2.05 bits per heavy atom. The minimum absolute atomic E-state index is 0.0908. The third-order valence-corrected chi connectivity index (χ3v) is 5.18. The number of ketones is 1. The van der Waals surface area contributed by atoms with Gasteiger partial charge in [-0.2, -0.15) is 0 Å². The number of thiophene rings is 1. The number of allylic oxidation sites excluding steroid dienone is 1. The SMILES string of the molecule is CCc1nnc2n1N(C(C)=O)C(c1cccs1)=C(C(C)=O)S2. The van der Waals surface area contributed by atoms with Gasteiger partial charge in [-0.25, -0.2) is 9.69 Å². The molecule has 0 spiro atoms. The maximum atomic E-state index is 12.3. The average molecular weight is 334 g/mol. The molecule has 6 nitrogen and oxygen atoms in total. The van der Waals surface area contributed by atoms with Gasteiger partial charge >= 0.3 is 0 Å². The molecular weight excluding hydrogens is 320 g/mol. The normalized spacial score (nSPS) is 14.2. The van der Waals surface area contributed by atoms with E-state index in [0.717, 1.165) is 4.88 Å². The number of fused-ring (bicyclic) bond motifs is 1. The molecule has 22 heavy (non-hydrogen) atoms. The van der Waals surface area contributed by atoms with Gasteiger partial charge in [-0.15, -0.1) is 21.5 Å². The Morgan fingerprint density at radius 1 is 1.27 bits per heavy atom. The first-order valence-corrected chi connectivity index (χ1v) is 8.46. The number of Topliss-reactive ketones (excluding diaryl/α,β-unsaturated/α-hetero) is 1. The number of rotatable bonds is 3. The van der Waals surface area contributed by atoms with Gasteiger partial charge in [-0.05, 0) is 30.1 Å². The van der Waals surface area contributed by atoms with E-state index in [1.165, 1.54) is 42.0 Å². The summed E-state index contributed by atoms with van der Waals surface area (Å²) in [5, 5.41) is 12.2. The molecule has 1 amide bonds. The van der Waals surface area contributed by atoms with Crippen molar-refractivity contribution in [3.63, 3.8) is 0 Å². The van der Waals surface area contributed by atoms with Gasteiger partial charge in [0.15, 0.2) is 11.6 Å². The fourth-order valence-corrected chi connectivity index (χ4v) is 4.08. The van der Waals surface area contributed by atoms with E-state index in [2.05, 4.69) is 10.2 Å². The predicted molar refractivity (Wildman–Crippen MR) is 86.1 cm³/mol. The summed E-state index contributed by atoms with van der Waals surface area (Å²) in [4.78, 5) is 25.8. The molecule has 1 aliphatic heterocycles. The number of nitrogens with zero attached hydrogens (tertiary/aromatic N) is 4. The molecule has 0 unspecified atom stereocenters. The molecule has 0 radical (unpaired) electrons. The van der Waals surface area contributed by atoms with Crippen molar-refractivity contribution in [2.24, 2.45) is 0 Å². The highest BCUT2D eigenvalue weighted by Crippen LogP contribution is 2.40. The number of thioether (sulfide) groups is 1. The highest BCUT2D eigenvalue weighted by atomic mass is 32.2. The molecule has 0 saturated carbocycles. The second-order valence-electron chi connectivity index (χ2n) is 4.71. The zero-order valence-corrected chi connectivity index (χ0v) is 14.0. The smallest absolute Gasteiger partial charge is 0.243 e. The zero-order chi connectivity index (χ0) is 15.9. The molecule has 8 heteroatoms. The standard InChI is InChI=1S/C14H14N4O2S2/c1-4-11-15-16-14-18(11)17(9(3)20)12(10-6-5-7-21-10)13(22-14)8(2)19/h5-7H,4H2,1-3H3. The Hall–Kier alpha value is -1.93. The number of aromatic nitrogens is 3. The minimum Gasteiger partial charge on any atom is -0.294 e. The van der Waals surface area contributed by atoms with Gasteiger partial charge in [0.2, 0.25) is 11.1 Å². The lowest BCUT2D eigenvalue weighted by molar-refractivity contribution is -0.117. The van der Waals surface area contributed by atoms with Crippen LogP contribution in [-0.4, -0.2) is 26.6 Å². The molecule has 2 aromatic heterocycles. The van der Waals surface area contributed by atoms with Crippen LogP contribution < -0.4 is 5.01 Å². The summed E-state index contributed by atoms with van der Waals surface area (Å²) in [6, 6.07) is 3.80. The molecule has 0 aromatic carbocycles. The molecule has 0 N–H and O–H groups in total. The van der Waals surface area contributed by atoms with Gasteiger partial charge in [-0.1, -0.05) is 13.0 Å². The average Bonchev–Trinajstić information content (AvgIpc) is 3.13. The summed E-state index contributed by atoms with van der Waals surface area (Å²) in [5.41, 5.74) is 0.613. The van der Waals surface area contributed by atoms with Gasteiger partial charge in [0, 0.05) is 13.3 Å². The third kappa shape index (κ3) is 2.28. The molecular formula is C14H14N4O2S2. The van der Waals surface area contributed by atoms with Crippen molar-refractivity contribution in [3.8, 4) is 0 Å². The Kier molecular flexibility index (Phi) is 3.88. The lowest BCUT2D eigenvalue weighted by Gasteiger charge is -2.31. The lowest BCUT2D eigenvalue weighted by Crippen LogP contribution is -2.41. The van der Waals surface area contributed by atoms with E-state index in [0.29, 0.717) is 28.0 Å². The Bertz CT molecular complexity index is 777. The summed E-state index contributed by atoms with van der Waals surface area (Å²) < 4.78 is 1.70. The van der Waals surface area contributed by atoms with Crippen LogP contribution >= 0.6 is 23.1 Å². The second kappa shape index (κ2) is 5.69. The Morgan fingerprint density at radius 3 is 2.59 bits per heavy atom. The van der Waals surface area contributed by atoms with E-state index in [9.17, 15) is 9.59 Å². The van der Waals surface area contributed by atoms with E-state index in [-0.39, 0.29) is 11.7 Å². The van der Waals surface area contributed by atoms with E-state index in [4.69, 9.17) is 0 Å². The summed E-state index contributed by atoms with van der Waals surface area (Å²) >= 11 is 2.75. The van der Waals surface area contributed by atoms with Gasteiger partial charge < -0.3 is 0 Å². The lowest BCUT2D eigenvalue weighted by atomic mass is 10.2. The predicted octanol–water partition coefficient (Wildman–Crippen LogP) is 2.45. The monoisotopic (exact) mass is 334 g/mol. The molecule has 0 bridgehead atoms. The first-order chi connectivity index (χ1) is 10.5. The molecule has 0 aliphatic carbocycles. The molecule has 2 aromatic rings. The molecule has 3 rings (SSSR count). The van der Waals surface area contributed by atoms with Crippen LogP contribution in [0.5, 0.6) is 0 Å². The van der Waals surface area contributed by atoms with Crippen LogP contribution in [0.25, 0.3) is 5.70 Å². The first-order valence-electron chi connectivity index (χ1n) is 6.76. The van der Waals surface area contributed by atoms with Crippen molar-refractivity contribution in [1.29, 1.82) is 0 Å². The number of carbonyl (C=O) groups excluding carboxylic acids is 2. The summed E-state index contributed by atoms with van der Waals surface area (Å²) in [7, 11) is 0. The van der Waals surface area contributed by atoms with Crippen molar-refractivity contribution < 1.29 is 9.59 Å². The zero-order valence-electron chi connectivity index (χ0n) is 12.4. The molecule has 3 heterocycles. The van der Waals surface area contributed by atoms with Gasteiger partial charge in [0.25, 0.3) is 0 Å². The highest BCUT2D eigenvalue weighted by molar-refractivity contribution is 8.04. The van der Waals surface area contributed by atoms with Crippen LogP contribution in [0.15, 0.2) is 27.6 Å². The summed E-state index contributed by atoms with van der Waals surface area (Å²) in [5.74, 6) is 0.416. The van der Waals surface area contributed by atoms with Gasteiger partial charge in [0.05, 0.1) is 9.78 Å². The minimum atomic E-state index is -0.182. The molecule has 0 fully saturated rings. The van der Waals surface area contributed by atoms with E-state index < -0.39 is 0 Å². The molecule has 114 valence electrons. The van der Waals surface area contributed by atoms with Crippen LogP contribution in [0.3, 0.4) is 0 Å². The number of amides is 1. The van der Waals surface area contributed by atoms with Crippen molar-refractivity contribution in [1.82, 2.24) is 14.9 Å². The highest BCUT2D eigenvalue weighted by Gasteiger charge is 2.34. The molecule has 0 atom stereocenters. The summed E-state index contributed by atoms with van der Waals surface area (Å²) in [6.45, 7) is 4.93. The van der Waals surface area contributed by atoms with Crippen LogP contribution in [0.1, 0.15) is 31.5 Å². The fraction of sp³-hybridized carbons (Fsp3) is 0.286. The topological polar surface area (TPSA) is 68.1 Å². The number of hydrogen-bond donors (Lipinski definition) is 0. The van der Waals surface area contributed by atoms with Crippen molar-refractivity contribution in [2.45, 2.75) is 32.3 Å². The van der Waals surface area contributed by atoms with Crippen molar-refractivity contribution in [2.75, 3.05) is 5.01 Å². The van der Waals surface area contributed by atoms with Crippen molar-refractivity contribution >= 4 is 40.5 Å². The van der Waals surface area contributed by atoms with Crippen molar-refractivity contribution in [3.05, 3.63) is 33.1 Å². The van der Waals surface area contributed by atoms with Crippen LogP contribution in [-0.2, 0) is 16.0 Å². The first kappa shape index (κ1) is 15.0. The maximum absolute atomic E-state index is 12.3. The van der Waals surface area contributed by atoms with Crippen LogP contribution in [0.4, 0.5) is 0 Å². The Labute approximate surface area is 135 Å². The Balaban J connectivity index is 2.28. The molecule has 1 aliphatic rings. The van der Waals surface area contributed by atoms with Crippen LogP contribution in [0, 0.1) is 0 Å². The van der Waals surface area contributed by atoms with E-state index >= 15 is 0 Å². The third-order valence-electron chi connectivity index (χ3n) is 3.19. The maximum Gasteiger partial charge on any atom is 0.243 e.